The molecule has 0 saturated carbocycles. The van der Waals surface area contributed by atoms with E-state index in [0.29, 0.717) is 64.2 Å². The second kappa shape index (κ2) is 75.0. The number of hydrogen-bond donors (Lipinski definition) is 0. The summed E-state index contributed by atoms with van der Waals surface area (Å²) >= 11 is 0. The van der Waals surface area contributed by atoms with Gasteiger partial charge in [0, 0.05) is 70.1 Å². The van der Waals surface area contributed by atoms with Crippen LogP contribution in [0.15, 0.2) is 0 Å². The third-order valence-electron chi connectivity index (χ3n) is 23.2. The van der Waals surface area contributed by atoms with Crippen molar-refractivity contribution in [1.82, 2.24) is 0 Å². The highest BCUT2D eigenvalue weighted by molar-refractivity contribution is 5.79. The molecule has 0 aromatic carbocycles. The predicted molar refractivity (Wildman–Crippen MR) is 464 cm³/mol. The second-order valence-corrected chi connectivity index (χ2v) is 34.0. The first-order valence-electron chi connectivity index (χ1n) is 47.8. The maximum Gasteiger partial charge on any atom is 0.315 e. The van der Waals surface area contributed by atoms with Gasteiger partial charge in [0.05, 0.1) is 22.9 Å². The first kappa shape index (κ1) is 112. The van der Waals surface area contributed by atoms with Crippen molar-refractivity contribution in [3.8, 4) is 0 Å². The van der Waals surface area contributed by atoms with Crippen LogP contribution in [0.2, 0.25) is 0 Å². The fourth-order valence-corrected chi connectivity index (χ4v) is 14.1. The fraction of sp³-hybridized carbons (Fsp3) is 0.885. The first-order valence-corrected chi connectivity index (χ1v) is 47.8. The highest BCUT2D eigenvalue weighted by Crippen LogP contribution is 2.41. The van der Waals surface area contributed by atoms with Crippen molar-refractivity contribution < 1.29 is 105 Å². The monoisotopic (exact) mass is 1680 g/mol. The Bertz CT molecular complexity index is 2510. The number of rotatable bonds is 84. The van der Waals surface area contributed by atoms with Crippen molar-refractivity contribution in [2.75, 3.05) is 72.7 Å². The van der Waals surface area contributed by atoms with Gasteiger partial charge in [0.15, 0.2) is 0 Å². The summed E-state index contributed by atoms with van der Waals surface area (Å²) in [5.74, 6) is -6.66. The van der Waals surface area contributed by atoms with Crippen LogP contribution in [-0.2, 0) is 105 Å². The molecule has 0 aliphatic carbocycles. The molecule has 0 radical (unpaired) electrons. The van der Waals surface area contributed by atoms with E-state index in [1.807, 2.05) is 27.7 Å². The Morgan fingerprint density at radius 2 is 0.373 bits per heavy atom. The third kappa shape index (κ3) is 58.2. The maximum atomic E-state index is 16.0. The Labute approximate surface area is 715 Å². The fourth-order valence-electron chi connectivity index (χ4n) is 14.1. The van der Waals surface area contributed by atoms with Crippen molar-refractivity contribution in [3.05, 3.63) is 0 Å². The molecule has 0 aliphatic heterocycles. The van der Waals surface area contributed by atoms with Crippen molar-refractivity contribution in [2.24, 2.45) is 27.6 Å². The summed E-state index contributed by atoms with van der Waals surface area (Å²) in [6.07, 6.45) is 39.7. The van der Waals surface area contributed by atoms with E-state index < -0.39 is 94.5 Å². The Balaban J connectivity index is 7.70. The average Bonchev–Trinajstić information content (AvgIpc) is 0.791. The van der Waals surface area contributed by atoms with Gasteiger partial charge in [0.2, 0.25) is 0 Å². The molecule has 0 spiro atoms. The Hall–Kier alpha value is -5.83. The Kier molecular flexibility index (Phi) is 71.3. The number of esters is 11. The van der Waals surface area contributed by atoms with Crippen LogP contribution < -0.4 is 0 Å². The van der Waals surface area contributed by atoms with Gasteiger partial charge in [-0.05, 0) is 96.3 Å². The molecule has 0 N–H and O–H groups in total. The van der Waals surface area contributed by atoms with Gasteiger partial charge < -0.3 is 52.1 Å². The maximum absolute atomic E-state index is 16.0. The second-order valence-electron chi connectivity index (χ2n) is 34.0. The molecule has 0 aliphatic rings. The molecule has 2 unspecified atom stereocenters. The van der Waals surface area contributed by atoms with E-state index in [0.717, 1.165) is 193 Å². The molecule has 0 aromatic rings. The molecule has 0 aromatic heterocycles. The van der Waals surface area contributed by atoms with E-state index in [1.54, 1.807) is 0 Å². The van der Waals surface area contributed by atoms with Crippen LogP contribution >= 0.6 is 0 Å². The topological polar surface area (TPSA) is 289 Å². The minimum atomic E-state index is -1.83. The molecule has 0 bridgehead atoms. The van der Waals surface area contributed by atoms with Gasteiger partial charge in [-0.3, -0.25) is 52.7 Å². The van der Waals surface area contributed by atoms with Gasteiger partial charge in [0.1, 0.15) is 71.5 Å². The van der Waals surface area contributed by atoms with Gasteiger partial charge in [-0.2, -0.15) is 0 Å². The van der Waals surface area contributed by atoms with E-state index in [4.69, 9.17) is 52.1 Å². The molecule has 118 heavy (non-hydrogen) atoms. The first-order chi connectivity index (χ1) is 57.0. The largest absolute Gasteiger partial charge is 0.465 e. The number of ether oxygens (including phenoxy) is 11. The quantitative estimate of drug-likeness (QED) is 0.0310. The van der Waals surface area contributed by atoms with Gasteiger partial charge in [0.25, 0.3) is 0 Å². The normalized spacial score (nSPS) is 12.4. The van der Waals surface area contributed by atoms with Crippen molar-refractivity contribution >= 4 is 65.7 Å². The van der Waals surface area contributed by atoms with Crippen LogP contribution in [-0.4, -0.2) is 138 Å². The summed E-state index contributed by atoms with van der Waals surface area (Å²) in [5.41, 5.74) is -5.21. The molecular formula is C96H172O22. The summed E-state index contributed by atoms with van der Waals surface area (Å²) in [5, 5.41) is 0. The van der Waals surface area contributed by atoms with Crippen LogP contribution in [0.5, 0.6) is 0 Å². The lowest BCUT2D eigenvalue weighted by atomic mass is 9.70. The predicted octanol–water partition coefficient (Wildman–Crippen LogP) is 23.4. The molecule has 22 heteroatoms. The standard InChI is InChI=1S/C96H172O22/c1-12-23-30-37-39-46-53-64-87(102)111-71-93(20-9,72-112-88(103)65-54-47-40-38-31-24-13-2)75-113-89(104)66-55-56-67-90(105)117-80-96(81(58-19-8)70-108-82(97)59-48-41-32-25-14-3,92(107)118-79-95(22-11,77-114-85(100)62-51-44-35-28-17-6)78-115-86(101)63-52-45-36-29-18-7)69-57-68-91(106)116-76-94(21-10,73-109-83(98)60-49-42-33-26-15-4)74-110-84(99)61-50-43-34-27-16-5/h81H,12-80H2,1-11H3. The lowest BCUT2D eigenvalue weighted by Crippen LogP contribution is -2.48. The highest BCUT2D eigenvalue weighted by Gasteiger charge is 2.50. The van der Waals surface area contributed by atoms with Crippen LogP contribution in [0.4, 0.5) is 0 Å². The van der Waals surface area contributed by atoms with E-state index in [9.17, 15) is 47.9 Å². The zero-order valence-corrected chi connectivity index (χ0v) is 76.8. The van der Waals surface area contributed by atoms with E-state index in [1.165, 1.54) is 12.8 Å². The molecule has 688 valence electrons. The molecule has 0 rings (SSSR count). The zero-order valence-electron chi connectivity index (χ0n) is 76.8. The summed E-state index contributed by atoms with van der Waals surface area (Å²) in [6, 6.07) is 0. The number of unbranched alkanes of at least 4 members (excludes halogenated alkanes) is 33. The molecular weight excluding hydrogens is 1510 g/mol. The van der Waals surface area contributed by atoms with E-state index in [2.05, 4.69) is 48.5 Å². The lowest BCUT2D eigenvalue weighted by Gasteiger charge is -2.39. The summed E-state index contributed by atoms with van der Waals surface area (Å²) < 4.78 is 66.2. The Morgan fingerprint density at radius 3 is 0.585 bits per heavy atom. The van der Waals surface area contributed by atoms with Gasteiger partial charge in [-0.1, -0.05) is 288 Å². The number of carbonyl (C=O) groups excluding carboxylic acids is 11. The number of carbonyl (C=O) groups is 11. The minimum absolute atomic E-state index is 0.0499. The van der Waals surface area contributed by atoms with Crippen LogP contribution in [0.1, 0.15) is 449 Å². The van der Waals surface area contributed by atoms with Gasteiger partial charge in [-0.15, -0.1) is 0 Å². The summed E-state index contributed by atoms with van der Waals surface area (Å²) in [6.45, 7) is 19.5. The van der Waals surface area contributed by atoms with Crippen LogP contribution in [0.3, 0.4) is 0 Å². The minimum Gasteiger partial charge on any atom is -0.465 e. The summed E-state index contributed by atoms with van der Waals surface area (Å²) in [7, 11) is 0. The van der Waals surface area contributed by atoms with E-state index in [-0.39, 0.29) is 174 Å². The molecule has 2 atom stereocenters. The molecule has 0 heterocycles. The lowest BCUT2D eigenvalue weighted by molar-refractivity contribution is -0.182. The number of hydrogen-bond acceptors (Lipinski definition) is 22. The highest BCUT2D eigenvalue weighted by atomic mass is 16.6. The SMILES string of the molecule is CCCCCCCCCC(=O)OCC(CC)(COC(=O)CCCCCCCCC)COC(=O)CCCCC(=O)OCC(CCCC(=O)OCC(CC)(COC(=O)CCCCCCC)COC(=O)CCCCCCC)(C(=O)OCC(CC)(COC(=O)CCCCCCC)COC(=O)CCCCCCC)C(CCC)COC(=O)CCCCCCC. The zero-order chi connectivity index (χ0) is 87.5. The van der Waals surface area contributed by atoms with Crippen LogP contribution in [0.25, 0.3) is 0 Å². The third-order valence-corrected chi connectivity index (χ3v) is 23.2. The molecule has 0 saturated heterocycles. The van der Waals surface area contributed by atoms with Crippen molar-refractivity contribution in [1.29, 1.82) is 0 Å². The average molecular weight is 1680 g/mol. The molecule has 0 amide bonds. The molecule has 0 fully saturated rings. The van der Waals surface area contributed by atoms with E-state index >= 15 is 4.79 Å². The smallest absolute Gasteiger partial charge is 0.315 e. The summed E-state index contributed by atoms with van der Waals surface area (Å²) in [4.78, 5) is 152. The van der Waals surface area contributed by atoms with Gasteiger partial charge >= 0.3 is 65.7 Å². The Morgan fingerprint density at radius 1 is 0.195 bits per heavy atom. The van der Waals surface area contributed by atoms with Gasteiger partial charge in [-0.25, -0.2) is 0 Å². The van der Waals surface area contributed by atoms with Crippen LogP contribution in [0, 0.1) is 27.6 Å². The van der Waals surface area contributed by atoms with Crippen molar-refractivity contribution in [3.63, 3.8) is 0 Å². The van der Waals surface area contributed by atoms with Crippen molar-refractivity contribution in [2.45, 2.75) is 449 Å². The molecule has 22 nitrogen and oxygen atoms in total.